The van der Waals surface area contributed by atoms with E-state index >= 15 is 0 Å². The fraction of sp³-hybridized carbons (Fsp3) is 0.286. The van der Waals surface area contributed by atoms with E-state index in [4.69, 9.17) is 9.47 Å². The normalized spacial score (nSPS) is 10.0. The van der Waals surface area contributed by atoms with E-state index in [9.17, 15) is 14.4 Å². The number of hydrogen-bond donors (Lipinski definition) is 2. The van der Waals surface area contributed by atoms with E-state index in [2.05, 4.69) is 10.6 Å². The van der Waals surface area contributed by atoms with Gasteiger partial charge in [0.05, 0.1) is 5.56 Å². The summed E-state index contributed by atoms with van der Waals surface area (Å²) in [5, 5.41) is 4.65. The smallest absolute Gasteiger partial charge is 0.338 e. The first kappa shape index (κ1) is 21.0. The van der Waals surface area contributed by atoms with Crippen molar-refractivity contribution in [2.45, 2.75) is 26.4 Å². The van der Waals surface area contributed by atoms with Crippen molar-refractivity contribution in [2.75, 3.05) is 13.2 Å². The summed E-state index contributed by atoms with van der Waals surface area (Å²) in [6.07, 6.45) is 1.75. The molecule has 0 fully saturated rings. The second-order valence-corrected chi connectivity index (χ2v) is 6.04. The van der Waals surface area contributed by atoms with Crippen LogP contribution < -0.4 is 15.4 Å². The zero-order chi connectivity index (χ0) is 20.2. The molecule has 0 bridgehead atoms. The number of hydrogen-bond acceptors (Lipinski definition) is 5. The first-order chi connectivity index (χ1) is 13.6. The average Bonchev–Trinajstić information content (AvgIpc) is 2.71. The zero-order valence-electron chi connectivity index (χ0n) is 15.8. The van der Waals surface area contributed by atoms with Gasteiger partial charge in [-0.15, -0.1) is 0 Å². The maximum Gasteiger partial charge on any atom is 0.338 e. The molecule has 3 amide bonds. The van der Waals surface area contributed by atoms with Gasteiger partial charge >= 0.3 is 12.0 Å². The summed E-state index contributed by atoms with van der Waals surface area (Å²) in [6, 6.07) is 15.5. The number of unbranched alkanes of at least 4 members (excludes halogenated alkanes) is 1. The summed E-state index contributed by atoms with van der Waals surface area (Å²) in [5.74, 6) is -0.858. The summed E-state index contributed by atoms with van der Waals surface area (Å²) in [7, 11) is 0. The lowest BCUT2D eigenvalue weighted by molar-refractivity contribution is -0.123. The van der Waals surface area contributed by atoms with Gasteiger partial charge in [-0.3, -0.25) is 10.1 Å². The van der Waals surface area contributed by atoms with E-state index in [1.54, 1.807) is 24.3 Å². The highest BCUT2D eigenvalue weighted by atomic mass is 16.5. The third-order valence-corrected chi connectivity index (χ3v) is 3.72. The highest BCUT2D eigenvalue weighted by molar-refractivity contribution is 5.97. The van der Waals surface area contributed by atoms with Crippen LogP contribution in [0.5, 0.6) is 5.75 Å². The van der Waals surface area contributed by atoms with Gasteiger partial charge in [-0.1, -0.05) is 49.7 Å². The zero-order valence-corrected chi connectivity index (χ0v) is 15.8. The number of benzene rings is 2. The van der Waals surface area contributed by atoms with E-state index in [1.807, 2.05) is 37.3 Å². The van der Waals surface area contributed by atoms with Gasteiger partial charge in [0.2, 0.25) is 0 Å². The topological polar surface area (TPSA) is 93.7 Å². The van der Waals surface area contributed by atoms with E-state index in [-0.39, 0.29) is 5.56 Å². The van der Waals surface area contributed by atoms with E-state index in [1.165, 1.54) is 0 Å². The van der Waals surface area contributed by atoms with Crippen LogP contribution in [0.25, 0.3) is 0 Å². The minimum absolute atomic E-state index is 0.255. The molecule has 148 valence electrons. The van der Waals surface area contributed by atoms with Gasteiger partial charge in [0.25, 0.3) is 5.91 Å². The van der Waals surface area contributed by atoms with Gasteiger partial charge in [-0.05, 0) is 30.2 Å². The molecule has 0 unspecified atom stereocenters. The summed E-state index contributed by atoms with van der Waals surface area (Å²) in [5.41, 5.74) is 1.26. The van der Waals surface area contributed by atoms with Crippen molar-refractivity contribution in [1.82, 2.24) is 10.6 Å². The monoisotopic (exact) mass is 384 g/mol. The summed E-state index contributed by atoms with van der Waals surface area (Å²) < 4.78 is 10.6. The van der Waals surface area contributed by atoms with Gasteiger partial charge < -0.3 is 14.8 Å². The largest absolute Gasteiger partial charge is 0.489 e. The number of carbonyl (C=O) groups excluding carboxylic acids is 3. The van der Waals surface area contributed by atoms with Gasteiger partial charge in [0.15, 0.2) is 6.61 Å². The highest BCUT2D eigenvalue weighted by Gasteiger charge is 2.13. The lowest BCUT2D eigenvalue weighted by Crippen LogP contribution is -2.41. The Hall–Kier alpha value is -3.35. The highest BCUT2D eigenvalue weighted by Crippen LogP contribution is 2.16. The molecule has 0 aliphatic rings. The number of amides is 3. The van der Waals surface area contributed by atoms with Crippen LogP contribution in [0.15, 0.2) is 54.6 Å². The molecule has 0 heterocycles. The second-order valence-electron chi connectivity index (χ2n) is 6.04. The molecule has 2 aromatic carbocycles. The van der Waals surface area contributed by atoms with Gasteiger partial charge in [0.1, 0.15) is 12.4 Å². The molecule has 0 saturated carbocycles. The number of rotatable bonds is 9. The quantitative estimate of drug-likeness (QED) is 0.512. The van der Waals surface area contributed by atoms with E-state index < -0.39 is 24.5 Å². The lowest BCUT2D eigenvalue weighted by atomic mass is 10.2. The second kappa shape index (κ2) is 11.4. The summed E-state index contributed by atoms with van der Waals surface area (Å²) in [6.45, 7) is 2.29. The number of urea groups is 1. The van der Waals surface area contributed by atoms with Crippen LogP contribution in [0.1, 0.15) is 35.7 Å². The van der Waals surface area contributed by atoms with Gasteiger partial charge in [-0.2, -0.15) is 0 Å². The average molecular weight is 384 g/mol. The van der Waals surface area contributed by atoms with Crippen molar-refractivity contribution < 1.29 is 23.9 Å². The Morgan fingerprint density at radius 1 is 1.00 bits per heavy atom. The van der Waals surface area contributed by atoms with Crippen LogP contribution in [0.2, 0.25) is 0 Å². The van der Waals surface area contributed by atoms with Crippen molar-refractivity contribution in [3.8, 4) is 5.75 Å². The Bertz CT molecular complexity index is 792. The molecular formula is C21H24N2O5. The molecule has 2 rings (SSSR count). The predicted octanol–water partition coefficient (Wildman–Crippen LogP) is 3.05. The standard InChI is InChI=1S/C21H24N2O5/c1-2-3-12-22-21(26)23-19(24)15-28-20(25)17-10-7-11-18(13-17)27-14-16-8-5-4-6-9-16/h4-11,13H,2-3,12,14-15H2,1H3,(H2,22,23,24,26). The van der Waals surface area contributed by atoms with Crippen LogP contribution in [0.3, 0.4) is 0 Å². The fourth-order valence-electron chi connectivity index (χ4n) is 2.25. The van der Waals surface area contributed by atoms with Crippen LogP contribution in [-0.2, 0) is 16.1 Å². The maximum atomic E-state index is 12.1. The summed E-state index contributed by atoms with van der Waals surface area (Å²) in [4.78, 5) is 35.3. The molecule has 0 aliphatic heterocycles. The third-order valence-electron chi connectivity index (χ3n) is 3.72. The van der Waals surface area contributed by atoms with E-state index in [0.717, 1.165) is 18.4 Å². The Labute approximate surface area is 164 Å². The van der Waals surface area contributed by atoms with Crippen LogP contribution in [0.4, 0.5) is 4.79 Å². The first-order valence-corrected chi connectivity index (χ1v) is 9.10. The molecule has 0 radical (unpaired) electrons. The Morgan fingerprint density at radius 2 is 1.79 bits per heavy atom. The molecule has 28 heavy (non-hydrogen) atoms. The van der Waals surface area contributed by atoms with Crippen molar-refractivity contribution in [3.63, 3.8) is 0 Å². The molecule has 2 aromatic rings. The van der Waals surface area contributed by atoms with Crippen LogP contribution >= 0.6 is 0 Å². The number of esters is 1. The lowest BCUT2D eigenvalue weighted by Gasteiger charge is -2.09. The van der Waals surface area contributed by atoms with Crippen LogP contribution in [-0.4, -0.2) is 31.1 Å². The molecule has 7 nitrogen and oxygen atoms in total. The van der Waals surface area contributed by atoms with Crippen molar-refractivity contribution >= 4 is 17.9 Å². The fourth-order valence-corrected chi connectivity index (χ4v) is 2.25. The Balaban J connectivity index is 1.79. The Morgan fingerprint density at radius 3 is 2.54 bits per heavy atom. The van der Waals surface area contributed by atoms with Crippen LogP contribution in [0, 0.1) is 0 Å². The minimum Gasteiger partial charge on any atom is -0.489 e. The molecule has 7 heteroatoms. The van der Waals surface area contributed by atoms with Crippen molar-refractivity contribution in [1.29, 1.82) is 0 Å². The van der Waals surface area contributed by atoms with E-state index in [0.29, 0.717) is 18.9 Å². The predicted molar refractivity (Wildman–Crippen MR) is 104 cm³/mol. The molecular weight excluding hydrogens is 360 g/mol. The summed E-state index contributed by atoms with van der Waals surface area (Å²) >= 11 is 0. The molecule has 2 N–H and O–H groups in total. The van der Waals surface area contributed by atoms with Crippen molar-refractivity contribution in [3.05, 3.63) is 65.7 Å². The molecule has 0 atom stereocenters. The Kier molecular flexibility index (Phi) is 8.52. The number of nitrogens with one attached hydrogen (secondary N) is 2. The molecule has 0 aromatic heterocycles. The number of carbonyl (C=O) groups is 3. The van der Waals surface area contributed by atoms with Crippen molar-refractivity contribution in [2.24, 2.45) is 0 Å². The molecule has 0 spiro atoms. The molecule has 0 saturated heterocycles. The number of imide groups is 1. The number of ether oxygens (including phenoxy) is 2. The maximum absolute atomic E-state index is 12.1. The third kappa shape index (κ3) is 7.49. The van der Waals surface area contributed by atoms with Gasteiger partial charge in [0, 0.05) is 6.54 Å². The minimum atomic E-state index is -0.696. The molecule has 0 aliphatic carbocycles. The first-order valence-electron chi connectivity index (χ1n) is 9.10. The van der Waals surface area contributed by atoms with Gasteiger partial charge in [-0.25, -0.2) is 9.59 Å². The SMILES string of the molecule is CCCCNC(=O)NC(=O)COC(=O)c1cccc(OCc2ccccc2)c1.